The van der Waals surface area contributed by atoms with E-state index in [0.717, 1.165) is 9.13 Å². The fourth-order valence-corrected chi connectivity index (χ4v) is 2.36. The second-order valence-corrected chi connectivity index (χ2v) is 4.75. The van der Waals surface area contributed by atoms with Crippen LogP contribution in [0, 0.1) is 0 Å². The first-order chi connectivity index (χ1) is 10.6. The van der Waals surface area contributed by atoms with Crippen molar-refractivity contribution in [3.63, 3.8) is 0 Å². The first kappa shape index (κ1) is 13.9. The van der Waals surface area contributed by atoms with E-state index in [-0.39, 0.29) is 11.9 Å². The number of aliphatic carboxylic acids is 1. The van der Waals surface area contributed by atoms with Gasteiger partial charge in [-0.05, 0) is 24.3 Å². The molecule has 7 heteroatoms. The normalized spacial score (nSPS) is 10.9. The largest absolute Gasteiger partial charge is 0.480 e. The number of fused-ring (bicyclic) bond motifs is 1. The summed E-state index contributed by atoms with van der Waals surface area (Å²) in [7, 11) is 0. The minimum atomic E-state index is -1.16. The summed E-state index contributed by atoms with van der Waals surface area (Å²) in [6.45, 7) is -0.563. The summed E-state index contributed by atoms with van der Waals surface area (Å²) >= 11 is 0. The molecule has 0 bridgehead atoms. The summed E-state index contributed by atoms with van der Waals surface area (Å²) < 4.78 is 7.20. The van der Waals surface area contributed by atoms with Crippen LogP contribution in [0.1, 0.15) is 5.76 Å². The number of carbonyl (C=O) groups is 1. The van der Waals surface area contributed by atoms with Gasteiger partial charge in [0.1, 0.15) is 12.3 Å². The lowest BCUT2D eigenvalue weighted by Gasteiger charge is -2.11. The van der Waals surface area contributed by atoms with Gasteiger partial charge in [0, 0.05) is 0 Å². The molecule has 0 radical (unpaired) electrons. The van der Waals surface area contributed by atoms with Crippen LogP contribution in [0.3, 0.4) is 0 Å². The molecule has 0 fully saturated rings. The topological polar surface area (TPSA) is 94.4 Å². The van der Waals surface area contributed by atoms with Crippen LogP contribution in [0.15, 0.2) is 56.7 Å². The molecule has 1 aromatic carbocycles. The van der Waals surface area contributed by atoms with E-state index in [1.165, 1.54) is 6.26 Å². The number of carboxylic acid groups (broad SMARTS) is 1. The molecule has 0 unspecified atom stereocenters. The van der Waals surface area contributed by atoms with E-state index in [1.807, 2.05) is 0 Å². The van der Waals surface area contributed by atoms with Gasteiger partial charge in [-0.15, -0.1) is 0 Å². The molecule has 0 aliphatic heterocycles. The van der Waals surface area contributed by atoms with Gasteiger partial charge in [0.25, 0.3) is 5.56 Å². The van der Waals surface area contributed by atoms with E-state index in [4.69, 9.17) is 9.52 Å². The summed E-state index contributed by atoms with van der Waals surface area (Å²) in [5.74, 6) is -0.716. The zero-order chi connectivity index (χ0) is 15.7. The molecule has 3 rings (SSSR count). The number of rotatable bonds is 4. The minimum absolute atomic E-state index is 0.0465. The van der Waals surface area contributed by atoms with Gasteiger partial charge in [-0.3, -0.25) is 18.7 Å². The second kappa shape index (κ2) is 5.36. The zero-order valence-corrected chi connectivity index (χ0v) is 11.4. The fraction of sp³-hybridized carbons (Fsp3) is 0.133. The average Bonchev–Trinajstić information content (AvgIpc) is 3.01. The Morgan fingerprint density at radius 1 is 1.09 bits per heavy atom. The number of hydrogen-bond donors (Lipinski definition) is 1. The van der Waals surface area contributed by atoms with Crippen molar-refractivity contribution in [3.8, 4) is 0 Å². The number of carboxylic acids is 1. The van der Waals surface area contributed by atoms with Crippen molar-refractivity contribution in [3.05, 3.63) is 69.3 Å². The maximum Gasteiger partial charge on any atom is 0.332 e. The zero-order valence-electron chi connectivity index (χ0n) is 11.4. The highest BCUT2D eigenvalue weighted by atomic mass is 16.4. The molecule has 0 spiro atoms. The molecular weight excluding hydrogens is 288 g/mol. The van der Waals surface area contributed by atoms with Crippen molar-refractivity contribution >= 4 is 16.9 Å². The highest BCUT2D eigenvalue weighted by molar-refractivity contribution is 5.79. The van der Waals surface area contributed by atoms with Crippen LogP contribution >= 0.6 is 0 Å². The Balaban J connectivity index is 2.30. The molecular formula is C15H12N2O5. The minimum Gasteiger partial charge on any atom is -0.480 e. The highest BCUT2D eigenvalue weighted by Crippen LogP contribution is 2.08. The Kier molecular flexibility index (Phi) is 3.38. The number of para-hydroxylation sites is 1. The maximum atomic E-state index is 12.5. The second-order valence-electron chi connectivity index (χ2n) is 4.75. The Morgan fingerprint density at radius 2 is 1.86 bits per heavy atom. The molecule has 0 atom stereocenters. The Bertz CT molecular complexity index is 950. The summed E-state index contributed by atoms with van der Waals surface area (Å²) in [4.78, 5) is 36.0. The Morgan fingerprint density at radius 3 is 2.55 bits per heavy atom. The quantitative estimate of drug-likeness (QED) is 0.772. The number of benzene rings is 1. The lowest BCUT2D eigenvalue weighted by molar-refractivity contribution is -0.137. The van der Waals surface area contributed by atoms with E-state index >= 15 is 0 Å². The van der Waals surface area contributed by atoms with Crippen molar-refractivity contribution in [2.24, 2.45) is 0 Å². The monoisotopic (exact) mass is 300 g/mol. The standard InChI is InChI=1S/C15H12N2O5/c18-13(19)9-16-12-6-2-1-5-11(12)14(20)17(15(16)21)8-10-4-3-7-22-10/h1-7H,8-9H2,(H,18,19). The van der Waals surface area contributed by atoms with E-state index < -0.39 is 23.8 Å². The van der Waals surface area contributed by atoms with Gasteiger partial charge in [0.2, 0.25) is 0 Å². The summed E-state index contributed by atoms with van der Waals surface area (Å²) in [6.07, 6.45) is 1.44. The van der Waals surface area contributed by atoms with Gasteiger partial charge in [-0.25, -0.2) is 4.79 Å². The highest BCUT2D eigenvalue weighted by Gasteiger charge is 2.15. The molecule has 0 aliphatic carbocycles. The first-order valence-electron chi connectivity index (χ1n) is 6.54. The average molecular weight is 300 g/mol. The molecule has 22 heavy (non-hydrogen) atoms. The maximum absolute atomic E-state index is 12.5. The smallest absolute Gasteiger partial charge is 0.332 e. The third-order valence-corrected chi connectivity index (χ3v) is 3.32. The number of aromatic nitrogens is 2. The molecule has 112 valence electrons. The number of furan rings is 1. The van der Waals surface area contributed by atoms with Crippen molar-refractivity contribution in [2.45, 2.75) is 13.1 Å². The van der Waals surface area contributed by atoms with Crippen molar-refractivity contribution in [1.29, 1.82) is 0 Å². The third kappa shape index (κ3) is 2.32. The first-order valence-corrected chi connectivity index (χ1v) is 6.54. The number of nitrogens with zero attached hydrogens (tertiary/aromatic N) is 2. The van der Waals surface area contributed by atoms with E-state index in [0.29, 0.717) is 11.3 Å². The summed E-state index contributed by atoms with van der Waals surface area (Å²) in [5, 5.41) is 9.29. The van der Waals surface area contributed by atoms with Crippen molar-refractivity contribution in [1.82, 2.24) is 9.13 Å². The van der Waals surface area contributed by atoms with Gasteiger partial charge in [0.05, 0.1) is 23.7 Å². The van der Waals surface area contributed by atoms with E-state index in [1.54, 1.807) is 36.4 Å². The van der Waals surface area contributed by atoms with E-state index in [9.17, 15) is 14.4 Å². The summed E-state index contributed by atoms with van der Waals surface area (Å²) in [6, 6.07) is 9.72. The van der Waals surface area contributed by atoms with Crippen LogP contribution in [-0.4, -0.2) is 20.2 Å². The SMILES string of the molecule is O=C(O)Cn1c(=O)n(Cc2ccco2)c(=O)c2ccccc21. The lowest BCUT2D eigenvalue weighted by atomic mass is 10.2. The van der Waals surface area contributed by atoms with Crippen LogP contribution in [0.25, 0.3) is 10.9 Å². The lowest BCUT2D eigenvalue weighted by Crippen LogP contribution is -2.41. The molecule has 0 saturated carbocycles. The molecule has 1 N–H and O–H groups in total. The van der Waals surface area contributed by atoms with Crippen LogP contribution in [0.2, 0.25) is 0 Å². The summed E-state index contributed by atoms with van der Waals surface area (Å²) in [5.41, 5.74) is -0.850. The van der Waals surface area contributed by atoms with Crippen LogP contribution < -0.4 is 11.2 Å². The van der Waals surface area contributed by atoms with Crippen LogP contribution in [0.5, 0.6) is 0 Å². The fourth-order valence-electron chi connectivity index (χ4n) is 2.36. The molecule has 0 amide bonds. The van der Waals surface area contributed by atoms with Crippen LogP contribution in [0.4, 0.5) is 0 Å². The van der Waals surface area contributed by atoms with E-state index in [2.05, 4.69) is 0 Å². The van der Waals surface area contributed by atoms with Crippen molar-refractivity contribution < 1.29 is 14.3 Å². The number of hydrogen-bond acceptors (Lipinski definition) is 4. The van der Waals surface area contributed by atoms with Gasteiger partial charge in [0.15, 0.2) is 0 Å². The molecule has 7 nitrogen and oxygen atoms in total. The van der Waals surface area contributed by atoms with Gasteiger partial charge >= 0.3 is 11.7 Å². The molecule has 0 aliphatic rings. The predicted octanol–water partition coefficient (Wildman–Crippen LogP) is 0.889. The van der Waals surface area contributed by atoms with Crippen molar-refractivity contribution in [2.75, 3.05) is 0 Å². The van der Waals surface area contributed by atoms with Gasteiger partial charge in [-0.2, -0.15) is 0 Å². The van der Waals surface area contributed by atoms with Gasteiger partial charge < -0.3 is 9.52 Å². The molecule has 3 aromatic rings. The Labute approximate surface area is 123 Å². The Hall–Kier alpha value is -3.09. The molecule has 2 heterocycles. The van der Waals surface area contributed by atoms with Crippen LogP contribution in [-0.2, 0) is 17.9 Å². The molecule has 0 saturated heterocycles. The molecule has 2 aromatic heterocycles. The third-order valence-electron chi connectivity index (χ3n) is 3.32. The van der Waals surface area contributed by atoms with Gasteiger partial charge in [-0.1, -0.05) is 12.1 Å². The predicted molar refractivity (Wildman–Crippen MR) is 77.9 cm³/mol.